The topological polar surface area (TPSA) is 74.6 Å². The first-order chi connectivity index (χ1) is 7.06. The van der Waals surface area contributed by atoms with Gasteiger partial charge in [-0.25, -0.2) is 8.42 Å². The summed E-state index contributed by atoms with van der Waals surface area (Å²) in [5.41, 5.74) is 0. The number of hydrogen-bond acceptors (Lipinski definition) is 4. The van der Waals surface area contributed by atoms with E-state index in [2.05, 4.69) is 0 Å². The van der Waals surface area contributed by atoms with Gasteiger partial charge in [0.05, 0.1) is 10.6 Å². The summed E-state index contributed by atoms with van der Waals surface area (Å²) < 4.78 is 23.3. The van der Waals surface area contributed by atoms with Crippen molar-refractivity contribution in [3.05, 3.63) is 24.3 Å². The summed E-state index contributed by atoms with van der Waals surface area (Å²) in [5.74, 6) is 0.0718. The van der Waals surface area contributed by atoms with Gasteiger partial charge in [0.1, 0.15) is 5.75 Å². The van der Waals surface area contributed by atoms with Gasteiger partial charge in [-0.1, -0.05) is 0 Å². The number of sulfone groups is 1. The van der Waals surface area contributed by atoms with Crippen molar-refractivity contribution >= 4 is 9.84 Å². The van der Waals surface area contributed by atoms with E-state index in [0.717, 1.165) is 0 Å². The van der Waals surface area contributed by atoms with Gasteiger partial charge in [-0.15, -0.1) is 0 Å². The van der Waals surface area contributed by atoms with Crippen LogP contribution in [0, 0.1) is 0 Å². The molecule has 15 heavy (non-hydrogen) atoms. The molecule has 0 aliphatic carbocycles. The minimum atomic E-state index is -3.27. The second kappa shape index (κ2) is 5.14. The number of aliphatic hydroxyl groups excluding tert-OH is 1. The standard InChI is InChI=1S/C10H14O4S/c11-7-1-2-8-15(13,14)10-5-3-9(12)4-6-10/h3-6,11-12H,1-2,7-8H2. The molecule has 0 aromatic heterocycles. The van der Waals surface area contributed by atoms with Crippen LogP contribution in [0.25, 0.3) is 0 Å². The highest BCUT2D eigenvalue weighted by Crippen LogP contribution is 2.16. The van der Waals surface area contributed by atoms with Crippen molar-refractivity contribution in [3.63, 3.8) is 0 Å². The van der Waals surface area contributed by atoms with Crippen molar-refractivity contribution in [2.24, 2.45) is 0 Å². The molecule has 0 bridgehead atoms. The van der Waals surface area contributed by atoms with E-state index in [9.17, 15) is 8.42 Å². The zero-order valence-corrected chi connectivity index (χ0v) is 9.07. The minimum absolute atomic E-state index is 0.00506. The predicted octanol–water partition coefficient (Wildman–Crippen LogP) is 0.938. The van der Waals surface area contributed by atoms with E-state index in [4.69, 9.17) is 10.2 Å². The van der Waals surface area contributed by atoms with Crippen LogP contribution in [-0.4, -0.2) is 31.0 Å². The number of aliphatic hydroxyl groups is 1. The Balaban J connectivity index is 2.73. The number of phenols is 1. The summed E-state index contributed by atoms with van der Waals surface area (Å²) in [5, 5.41) is 17.6. The summed E-state index contributed by atoms with van der Waals surface area (Å²) >= 11 is 0. The Labute approximate surface area is 89.1 Å². The largest absolute Gasteiger partial charge is 0.508 e. The second-order valence-corrected chi connectivity index (χ2v) is 5.35. The maximum absolute atomic E-state index is 11.7. The number of hydrogen-bond donors (Lipinski definition) is 2. The molecule has 0 fully saturated rings. The minimum Gasteiger partial charge on any atom is -0.508 e. The van der Waals surface area contributed by atoms with Crippen LogP contribution in [0.15, 0.2) is 29.2 Å². The average molecular weight is 230 g/mol. The Kier molecular flexibility index (Phi) is 4.11. The first-order valence-corrected chi connectivity index (χ1v) is 6.34. The van der Waals surface area contributed by atoms with Crippen LogP contribution in [0.3, 0.4) is 0 Å². The highest BCUT2D eigenvalue weighted by molar-refractivity contribution is 7.91. The Bertz CT molecular complexity index is 394. The maximum Gasteiger partial charge on any atom is 0.178 e. The molecular formula is C10H14O4S. The summed E-state index contributed by atoms with van der Waals surface area (Å²) in [6.07, 6.45) is 0.928. The number of phenolic OH excluding ortho intramolecular Hbond substituents is 1. The van der Waals surface area contributed by atoms with Crippen LogP contribution in [0.1, 0.15) is 12.8 Å². The molecule has 2 N–H and O–H groups in total. The van der Waals surface area contributed by atoms with E-state index in [-0.39, 0.29) is 23.0 Å². The van der Waals surface area contributed by atoms with Crippen molar-refractivity contribution in [3.8, 4) is 5.75 Å². The van der Waals surface area contributed by atoms with Crippen LogP contribution >= 0.6 is 0 Å². The number of benzene rings is 1. The fourth-order valence-corrected chi connectivity index (χ4v) is 2.55. The molecule has 0 heterocycles. The summed E-state index contributed by atoms with van der Waals surface area (Å²) in [7, 11) is -3.27. The highest BCUT2D eigenvalue weighted by Gasteiger charge is 2.13. The van der Waals surface area contributed by atoms with E-state index in [1.165, 1.54) is 24.3 Å². The second-order valence-electron chi connectivity index (χ2n) is 3.24. The van der Waals surface area contributed by atoms with E-state index in [1.54, 1.807) is 0 Å². The Hall–Kier alpha value is -1.07. The molecule has 0 saturated carbocycles. The molecule has 1 aromatic carbocycles. The normalized spacial score (nSPS) is 11.5. The molecule has 0 radical (unpaired) electrons. The van der Waals surface area contributed by atoms with Crippen LogP contribution in [0.4, 0.5) is 0 Å². The van der Waals surface area contributed by atoms with Gasteiger partial charge in [0, 0.05) is 6.61 Å². The molecular weight excluding hydrogens is 216 g/mol. The van der Waals surface area contributed by atoms with Crippen molar-refractivity contribution in [1.29, 1.82) is 0 Å². The van der Waals surface area contributed by atoms with Gasteiger partial charge in [0.25, 0.3) is 0 Å². The molecule has 0 unspecified atom stereocenters. The maximum atomic E-state index is 11.7. The van der Waals surface area contributed by atoms with Gasteiger partial charge in [0.15, 0.2) is 9.84 Å². The lowest BCUT2D eigenvalue weighted by atomic mass is 10.3. The van der Waals surface area contributed by atoms with Crippen molar-refractivity contribution in [2.45, 2.75) is 17.7 Å². The lowest BCUT2D eigenvalue weighted by Crippen LogP contribution is -2.07. The molecule has 0 aliphatic rings. The average Bonchev–Trinajstić information content (AvgIpc) is 2.18. The fourth-order valence-electron chi connectivity index (χ4n) is 1.18. The molecule has 0 spiro atoms. The van der Waals surface area contributed by atoms with Crippen molar-refractivity contribution in [2.75, 3.05) is 12.4 Å². The fraction of sp³-hybridized carbons (Fsp3) is 0.400. The first-order valence-electron chi connectivity index (χ1n) is 4.69. The van der Waals surface area contributed by atoms with Gasteiger partial charge < -0.3 is 10.2 Å². The molecule has 1 aromatic rings. The van der Waals surface area contributed by atoms with Gasteiger partial charge in [-0.3, -0.25) is 0 Å². The monoisotopic (exact) mass is 230 g/mol. The van der Waals surface area contributed by atoms with Crippen molar-refractivity contribution in [1.82, 2.24) is 0 Å². The summed E-state index contributed by atoms with van der Waals surface area (Å²) in [6, 6.07) is 5.45. The molecule has 0 saturated heterocycles. The smallest absolute Gasteiger partial charge is 0.178 e. The highest BCUT2D eigenvalue weighted by atomic mass is 32.2. The van der Waals surface area contributed by atoms with Gasteiger partial charge >= 0.3 is 0 Å². The van der Waals surface area contributed by atoms with Gasteiger partial charge in [0.2, 0.25) is 0 Å². The van der Waals surface area contributed by atoms with Crippen LogP contribution < -0.4 is 0 Å². The molecule has 5 heteroatoms. The summed E-state index contributed by atoms with van der Waals surface area (Å²) in [4.78, 5) is 0.207. The van der Waals surface area contributed by atoms with E-state index >= 15 is 0 Å². The summed E-state index contributed by atoms with van der Waals surface area (Å²) in [6.45, 7) is 0.00506. The van der Waals surface area contributed by atoms with Crippen LogP contribution in [-0.2, 0) is 9.84 Å². The van der Waals surface area contributed by atoms with E-state index < -0.39 is 9.84 Å². The van der Waals surface area contributed by atoms with Crippen LogP contribution in [0.5, 0.6) is 5.75 Å². The zero-order chi connectivity index (χ0) is 11.3. The van der Waals surface area contributed by atoms with Gasteiger partial charge in [-0.2, -0.15) is 0 Å². The number of aromatic hydroxyl groups is 1. The Morgan fingerprint density at radius 1 is 1.07 bits per heavy atom. The Morgan fingerprint density at radius 2 is 1.67 bits per heavy atom. The molecule has 0 aliphatic heterocycles. The van der Waals surface area contributed by atoms with E-state index in [0.29, 0.717) is 12.8 Å². The van der Waals surface area contributed by atoms with E-state index in [1.807, 2.05) is 0 Å². The molecule has 4 nitrogen and oxygen atoms in total. The first kappa shape index (κ1) is 12.0. The molecule has 0 amide bonds. The third-order valence-corrected chi connectivity index (χ3v) is 3.83. The third-order valence-electron chi connectivity index (χ3n) is 2.02. The predicted molar refractivity (Wildman–Crippen MR) is 56.5 cm³/mol. The van der Waals surface area contributed by atoms with Crippen LogP contribution in [0.2, 0.25) is 0 Å². The quantitative estimate of drug-likeness (QED) is 0.738. The SMILES string of the molecule is O=S(=O)(CCCCO)c1ccc(O)cc1. The molecule has 1 rings (SSSR count). The third kappa shape index (κ3) is 3.53. The zero-order valence-electron chi connectivity index (χ0n) is 8.26. The van der Waals surface area contributed by atoms with Gasteiger partial charge in [-0.05, 0) is 37.1 Å². The lowest BCUT2D eigenvalue weighted by molar-refractivity contribution is 0.287. The number of unbranched alkanes of at least 4 members (excludes halogenated alkanes) is 1. The molecule has 84 valence electrons. The number of rotatable bonds is 5. The Morgan fingerprint density at radius 3 is 2.20 bits per heavy atom. The van der Waals surface area contributed by atoms with Crippen molar-refractivity contribution < 1.29 is 18.6 Å². The molecule has 0 atom stereocenters. The lowest BCUT2D eigenvalue weighted by Gasteiger charge is -2.03.